The van der Waals surface area contributed by atoms with Crippen LogP contribution in [-0.2, 0) is 6.54 Å². The summed E-state index contributed by atoms with van der Waals surface area (Å²) in [6, 6.07) is 9.60. The predicted molar refractivity (Wildman–Crippen MR) is 77.3 cm³/mol. The number of hydrogen-bond donors (Lipinski definition) is 0. The molecule has 1 aromatic heterocycles. The molecule has 1 aromatic carbocycles. The van der Waals surface area contributed by atoms with Crippen LogP contribution in [0.3, 0.4) is 0 Å². The number of benzene rings is 1. The van der Waals surface area contributed by atoms with Gasteiger partial charge in [0.15, 0.2) is 12.1 Å². The zero-order chi connectivity index (χ0) is 14.7. The third kappa shape index (κ3) is 2.80. The van der Waals surface area contributed by atoms with E-state index in [1.165, 1.54) is 4.68 Å². The highest BCUT2D eigenvalue weighted by atomic mass is 35.5. The summed E-state index contributed by atoms with van der Waals surface area (Å²) in [6.45, 7) is 3.95. The Labute approximate surface area is 122 Å². The molecule has 0 N–H and O–H groups in total. The van der Waals surface area contributed by atoms with E-state index in [0.29, 0.717) is 12.8 Å². The molecule has 1 heterocycles. The van der Waals surface area contributed by atoms with Crippen molar-refractivity contribution in [1.29, 1.82) is 0 Å². The number of halogens is 1. The van der Waals surface area contributed by atoms with Crippen molar-refractivity contribution in [2.75, 3.05) is 0 Å². The number of carbonyl (C=O) groups is 2. The smallest absolute Gasteiger partial charge is 0.186 e. The Kier molecular flexibility index (Phi) is 4.35. The van der Waals surface area contributed by atoms with Crippen molar-refractivity contribution >= 4 is 23.7 Å². The van der Waals surface area contributed by atoms with Crippen LogP contribution in [0.25, 0.3) is 0 Å². The molecule has 0 saturated carbocycles. The number of Topliss-reactive ketones (excluding diaryl/α,β-unsaturated/α-hetero) is 1. The third-order valence-corrected chi connectivity index (χ3v) is 3.37. The molecule has 0 radical (unpaired) electrons. The van der Waals surface area contributed by atoms with Crippen LogP contribution >= 0.6 is 11.6 Å². The maximum atomic E-state index is 12.0. The van der Waals surface area contributed by atoms with E-state index in [2.05, 4.69) is 5.10 Å². The molecule has 5 heteroatoms. The Morgan fingerprint density at radius 2 is 2.00 bits per heavy atom. The van der Waals surface area contributed by atoms with Crippen molar-refractivity contribution in [3.8, 4) is 0 Å². The molecule has 0 bridgehead atoms. The van der Waals surface area contributed by atoms with Gasteiger partial charge in [-0.15, -0.1) is 0 Å². The molecule has 20 heavy (non-hydrogen) atoms. The van der Waals surface area contributed by atoms with Crippen molar-refractivity contribution in [2.45, 2.75) is 20.4 Å². The predicted octanol–water partition coefficient (Wildman–Crippen LogP) is 3.24. The molecule has 2 rings (SSSR count). The first kappa shape index (κ1) is 14.5. The van der Waals surface area contributed by atoms with Crippen molar-refractivity contribution in [1.82, 2.24) is 9.78 Å². The van der Waals surface area contributed by atoms with E-state index in [1.807, 2.05) is 30.3 Å². The molecular formula is C15H15ClN2O2. The number of aldehydes is 1. The molecule has 2 aromatic rings. The van der Waals surface area contributed by atoms with Gasteiger partial charge in [0.25, 0.3) is 0 Å². The van der Waals surface area contributed by atoms with Gasteiger partial charge >= 0.3 is 0 Å². The van der Waals surface area contributed by atoms with E-state index in [4.69, 9.17) is 11.6 Å². The van der Waals surface area contributed by atoms with Gasteiger partial charge in [-0.3, -0.25) is 9.59 Å². The van der Waals surface area contributed by atoms with E-state index in [1.54, 1.807) is 13.8 Å². The molecule has 0 aliphatic heterocycles. The highest BCUT2D eigenvalue weighted by Gasteiger charge is 2.23. The van der Waals surface area contributed by atoms with E-state index >= 15 is 0 Å². The first-order valence-corrected chi connectivity index (χ1v) is 6.72. The normalized spacial score (nSPS) is 10.8. The summed E-state index contributed by atoms with van der Waals surface area (Å²) >= 11 is 6.15. The van der Waals surface area contributed by atoms with Gasteiger partial charge in [0.2, 0.25) is 0 Å². The van der Waals surface area contributed by atoms with E-state index in [9.17, 15) is 9.59 Å². The summed E-state index contributed by atoms with van der Waals surface area (Å²) in [7, 11) is 0. The molecular weight excluding hydrogens is 276 g/mol. The molecule has 0 aliphatic carbocycles. The number of hydrogen-bond acceptors (Lipinski definition) is 3. The molecule has 0 aliphatic rings. The zero-order valence-corrected chi connectivity index (χ0v) is 12.1. The Morgan fingerprint density at radius 3 is 2.55 bits per heavy atom. The van der Waals surface area contributed by atoms with Gasteiger partial charge in [0.05, 0.1) is 12.1 Å². The number of rotatable bonds is 5. The summed E-state index contributed by atoms with van der Waals surface area (Å²) in [4.78, 5) is 23.2. The number of carbonyl (C=O) groups excluding carboxylic acids is 2. The average molecular weight is 291 g/mol. The van der Waals surface area contributed by atoms with Gasteiger partial charge in [-0.1, -0.05) is 55.8 Å². The lowest BCUT2D eigenvalue weighted by molar-refractivity contribution is 0.0929. The second-order valence-electron chi connectivity index (χ2n) is 4.83. The summed E-state index contributed by atoms with van der Waals surface area (Å²) in [5.41, 5.74) is 1.31. The summed E-state index contributed by atoms with van der Waals surface area (Å²) in [5, 5.41) is 4.40. The lowest BCUT2D eigenvalue weighted by atomic mass is 10.0. The van der Waals surface area contributed by atoms with E-state index in [0.717, 1.165) is 5.56 Å². The summed E-state index contributed by atoms with van der Waals surface area (Å²) in [6.07, 6.45) is 0.590. The molecule has 104 valence electrons. The van der Waals surface area contributed by atoms with E-state index in [-0.39, 0.29) is 28.1 Å². The van der Waals surface area contributed by atoms with Crippen molar-refractivity contribution in [3.05, 3.63) is 52.3 Å². The van der Waals surface area contributed by atoms with Crippen LogP contribution in [0.5, 0.6) is 0 Å². The second kappa shape index (κ2) is 6.01. The fraction of sp³-hybridized carbons (Fsp3) is 0.267. The van der Waals surface area contributed by atoms with Gasteiger partial charge < -0.3 is 0 Å². The van der Waals surface area contributed by atoms with Gasteiger partial charge in [-0.05, 0) is 5.56 Å². The summed E-state index contributed by atoms with van der Waals surface area (Å²) in [5.74, 6) is -0.411. The highest BCUT2D eigenvalue weighted by molar-refractivity contribution is 6.32. The Hall–Kier alpha value is -1.94. The Morgan fingerprint density at radius 1 is 1.35 bits per heavy atom. The molecule has 0 atom stereocenters. The largest absolute Gasteiger partial charge is 0.298 e. The maximum Gasteiger partial charge on any atom is 0.186 e. The highest BCUT2D eigenvalue weighted by Crippen LogP contribution is 2.21. The fourth-order valence-electron chi connectivity index (χ4n) is 1.88. The third-order valence-electron chi connectivity index (χ3n) is 2.98. The zero-order valence-electron chi connectivity index (χ0n) is 11.3. The number of nitrogens with zero attached hydrogens (tertiary/aromatic N) is 2. The standard InChI is InChI=1S/C15H15ClN2O2/c1-10(2)14(20)13-12(9-19)15(16)18(17-13)8-11-6-4-3-5-7-11/h3-7,9-10H,8H2,1-2H3. The van der Waals surface area contributed by atoms with Crippen LogP contribution in [0.15, 0.2) is 30.3 Å². The first-order valence-electron chi connectivity index (χ1n) is 6.34. The van der Waals surface area contributed by atoms with E-state index < -0.39 is 0 Å². The lowest BCUT2D eigenvalue weighted by Crippen LogP contribution is -2.11. The minimum atomic E-state index is -0.232. The van der Waals surface area contributed by atoms with Crippen LogP contribution in [0.2, 0.25) is 5.15 Å². The topological polar surface area (TPSA) is 52.0 Å². The molecule has 0 unspecified atom stereocenters. The molecule has 0 saturated heterocycles. The van der Waals surface area contributed by atoms with Crippen LogP contribution in [0.1, 0.15) is 40.3 Å². The molecule has 4 nitrogen and oxygen atoms in total. The van der Waals surface area contributed by atoms with Gasteiger partial charge in [0.1, 0.15) is 10.8 Å². The van der Waals surface area contributed by atoms with Crippen LogP contribution in [-0.4, -0.2) is 21.8 Å². The molecule has 0 spiro atoms. The van der Waals surface area contributed by atoms with Gasteiger partial charge in [-0.25, -0.2) is 4.68 Å². The first-order chi connectivity index (χ1) is 9.54. The lowest BCUT2D eigenvalue weighted by Gasteiger charge is -2.03. The SMILES string of the molecule is CC(C)C(=O)c1nn(Cc2ccccc2)c(Cl)c1C=O. The van der Waals surface area contributed by atoms with Crippen molar-refractivity contribution in [2.24, 2.45) is 5.92 Å². The fourth-order valence-corrected chi connectivity index (χ4v) is 2.11. The van der Waals surface area contributed by atoms with Crippen LogP contribution in [0.4, 0.5) is 0 Å². The second-order valence-corrected chi connectivity index (χ2v) is 5.19. The minimum absolute atomic E-state index is 0.149. The molecule has 0 amide bonds. The Bertz CT molecular complexity index is 633. The summed E-state index contributed by atoms with van der Waals surface area (Å²) < 4.78 is 1.48. The number of aromatic nitrogens is 2. The number of ketones is 1. The molecule has 0 fully saturated rings. The van der Waals surface area contributed by atoms with Gasteiger partial charge in [-0.2, -0.15) is 5.10 Å². The minimum Gasteiger partial charge on any atom is -0.298 e. The Balaban J connectivity index is 2.41. The monoisotopic (exact) mass is 290 g/mol. The average Bonchev–Trinajstić information content (AvgIpc) is 2.75. The van der Waals surface area contributed by atoms with Crippen LogP contribution < -0.4 is 0 Å². The maximum absolute atomic E-state index is 12.0. The van der Waals surface area contributed by atoms with Crippen molar-refractivity contribution in [3.63, 3.8) is 0 Å². The quantitative estimate of drug-likeness (QED) is 0.627. The van der Waals surface area contributed by atoms with Crippen molar-refractivity contribution < 1.29 is 9.59 Å². The van der Waals surface area contributed by atoms with Crippen LogP contribution in [0, 0.1) is 5.92 Å². The van der Waals surface area contributed by atoms with Gasteiger partial charge in [0, 0.05) is 5.92 Å².